The van der Waals surface area contributed by atoms with Gasteiger partial charge in [-0.15, -0.1) is 0 Å². The third-order valence-corrected chi connectivity index (χ3v) is 10.1. The predicted molar refractivity (Wildman–Crippen MR) is 157 cm³/mol. The van der Waals surface area contributed by atoms with E-state index in [0.29, 0.717) is 30.0 Å². The molecule has 2 aliphatic carbocycles. The fourth-order valence-electron chi connectivity index (χ4n) is 5.88. The van der Waals surface area contributed by atoms with Crippen LogP contribution in [-0.2, 0) is 32.5 Å². The average molecular weight is 643 g/mol. The van der Waals surface area contributed by atoms with Crippen LogP contribution in [0.15, 0.2) is 41.3 Å². The SMILES string of the molecule is [2H]C([2H])(c1cc(Cl)ccc1NCc1ccc(S(C)(=O)=O)cc1F)N1CCN(C(=O)CNC(=O)[C@@H]2CC23CCC(F)(F)CC3)CC1. The van der Waals surface area contributed by atoms with Gasteiger partial charge in [0, 0.05) is 83.3 Å². The average Bonchev–Trinajstić information content (AvgIpc) is 3.71. The van der Waals surface area contributed by atoms with Crippen molar-refractivity contribution >= 4 is 38.9 Å². The monoisotopic (exact) mass is 642 g/mol. The number of nitrogens with one attached hydrogen (secondary N) is 2. The number of nitrogens with zero attached hydrogens (tertiary/aromatic N) is 2. The standard InChI is InChI=1S/C30H36ClF3N4O4S/c1-43(41,42)23-4-2-20(25(32)15-23)17-35-26-5-3-22(31)14-21(26)19-37-10-12-38(13-11-37)27(39)18-36-28(40)24-16-29(24)6-8-30(33,34)9-7-29/h2-5,14-15,24,35H,6-13,16-19H2,1H3,(H,36,40)/t24-/m0/s1/i19D2. The van der Waals surface area contributed by atoms with E-state index in [0.717, 1.165) is 12.3 Å². The second-order valence-corrected chi connectivity index (χ2v) is 14.2. The third kappa shape index (κ3) is 7.64. The summed E-state index contributed by atoms with van der Waals surface area (Å²) >= 11 is 6.23. The molecule has 1 spiro atoms. The first-order chi connectivity index (χ1) is 21.0. The molecule has 3 fully saturated rings. The molecule has 1 aliphatic heterocycles. The minimum atomic E-state index is -3.57. The van der Waals surface area contributed by atoms with E-state index < -0.39 is 28.1 Å². The summed E-state index contributed by atoms with van der Waals surface area (Å²) in [5.41, 5.74) is 0.419. The molecule has 0 aromatic heterocycles. The topological polar surface area (TPSA) is 98.8 Å². The lowest BCUT2D eigenvalue weighted by molar-refractivity contribution is -0.135. The summed E-state index contributed by atoms with van der Waals surface area (Å²) in [6.45, 7) is -1.44. The summed E-state index contributed by atoms with van der Waals surface area (Å²) < 4.78 is 83.1. The van der Waals surface area contributed by atoms with Gasteiger partial charge in [-0.25, -0.2) is 21.6 Å². The normalized spacial score (nSPS) is 22.4. The fourth-order valence-corrected chi connectivity index (χ4v) is 6.68. The third-order valence-electron chi connectivity index (χ3n) is 8.71. The van der Waals surface area contributed by atoms with Gasteiger partial charge in [-0.2, -0.15) is 0 Å². The second-order valence-electron chi connectivity index (χ2n) is 11.7. The molecule has 2 aromatic rings. The van der Waals surface area contributed by atoms with Gasteiger partial charge in [-0.05, 0) is 60.6 Å². The number of hydrogen-bond acceptors (Lipinski definition) is 6. The fraction of sp³-hybridized carbons (Fsp3) is 0.533. The maximum atomic E-state index is 14.6. The van der Waals surface area contributed by atoms with Crippen LogP contribution in [0.2, 0.25) is 5.02 Å². The highest BCUT2D eigenvalue weighted by Crippen LogP contribution is 2.63. The maximum Gasteiger partial charge on any atom is 0.248 e. The number of hydrogen-bond donors (Lipinski definition) is 2. The first kappa shape index (κ1) is 28.9. The van der Waals surface area contributed by atoms with Crippen molar-refractivity contribution in [3.05, 3.63) is 58.4 Å². The van der Waals surface area contributed by atoms with E-state index in [9.17, 15) is 31.2 Å². The van der Waals surface area contributed by atoms with Gasteiger partial charge in [0.1, 0.15) is 5.82 Å². The van der Waals surface area contributed by atoms with Crippen molar-refractivity contribution in [1.29, 1.82) is 0 Å². The van der Waals surface area contributed by atoms with Crippen LogP contribution in [0.1, 0.15) is 46.0 Å². The van der Waals surface area contributed by atoms with Crippen molar-refractivity contribution < 1.29 is 33.9 Å². The van der Waals surface area contributed by atoms with E-state index in [1.54, 1.807) is 21.9 Å². The molecule has 3 aliphatic rings. The summed E-state index contributed by atoms with van der Waals surface area (Å²) in [7, 11) is -3.57. The molecule has 1 heterocycles. The first-order valence-electron chi connectivity index (χ1n) is 15.2. The number of piperazine rings is 1. The van der Waals surface area contributed by atoms with E-state index in [4.69, 9.17) is 14.3 Å². The molecule has 2 aromatic carbocycles. The van der Waals surface area contributed by atoms with Gasteiger partial charge in [0.05, 0.1) is 11.4 Å². The molecule has 43 heavy (non-hydrogen) atoms. The van der Waals surface area contributed by atoms with E-state index in [1.807, 2.05) is 0 Å². The highest BCUT2D eigenvalue weighted by molar-refractivity contribution is 7.90. The van der Waals surface area contributed by atoms with Crippen LogP contribution < -0.4 is 10.6 Å². The van der Waals surface area contributed by atoms with E-state index in [2.05, 4.69) is 10.6 Å². The predicted octanol–water partition coefficient (Wildman–Crippen LogP) is 4.47. The van der Waals surface area contributed by atoms with Crippen LogP contribution in [0.4, 0.5) is 18.9 Å². The van der Waals surface area contributed by atoms with Crippen LogP contribution >= 0.6 is 11.6 Å². The Morgan fingerprint density at radius 2 is 1.74 bits per heavy atom. The zero-order valence-corrected chi connectivity index (χ0v) is 25.3. The Balaban J connectivity index is 1.15. The molecule has 8 nitrogen and oxygen atoms in total. The Bertz CT molecular complexity index is 1580. The Hall–Kier alpha value is -2.83. The number of alkyl halides is 2. The van der Waals surface area contributed by atoms with Crippen molar-refractivity contribution in [2.24, 2.45) is 11.3 Å². The molecule has 1 saturated heterocycles. The Morgan fingerprint density at radius 3 is 2.40 bits per heavy atom. The lowest BCUT2D eigenvalue weighted by Crippen LogP contribution is -2.51. The molecule has 2 amide bonds. The van der Waals surface area contributed by atoms with Gasteiger partial charge in [-0.3, -0.25) is 14.5 Å². The van der Waals surface area contributed by atoms with Crippen molar-refractivity contribution in [2.75, 3.05) is 44.3 Å². The minimum Gasteiger partial charge on any atom is -0.381 e. The number of amides is 2. The van der Waals surface area contributed by atoms with Crippen LogP contribution in [0.3, 0.4) is 0 Å². The molecule has 234 valence electrons. The molecule has 0 radical (unpaired) electrons. The Morgan fingerprint density at radius 1 is 1.05 bits per heavy atom. The minimum absolute atomic E-state index is 0.0386. The van der Waals surface area contributed by atoms with Gasteiger partial charge in [-0.1, -0.05) is 17.7 Å². The molecule has 0 unspecified atom stereocenters. The second kappa shape index (κ2) is 12.3. The quantitative estimate of drug-likeness (QED) is 0.419. The highest BCUT2D eigenvalue weighted by atomic mass is 35.5. The smallest absolute Gasteiger partial charge is 0.248 e. The summed E-state index contributed by atoms with van der Waals surface area (Å²) in [5, 5.41) is 6.01. The first-order valence-corrected chi connectivity index (χ1v) is 16.5. The number of sulfone groups is 1. The number of halogens is 4. The summed E-state index contributed by atoms with van der Waals surface area (Å²) in [5.74, 6) is -4.30. The molecule has 2 saturated carbocycles. The van der Waals surface area contributed by atoms with Crippen molar-refractivity contribution in [2.45, 2.75) is 56.0 Å². The Labute approximate surface area is 257 Å². The molecule has 1 atom stereocenters. The van der Waals surface area contributed by atoms with Crippen LogP contribution in [0.25, 0.3) is 0 Å². The summed E-state index contributed by atoms with van der Waals surface area (Å²) in [4.78, 5) is 28.5. The van der Waals surface area contributed by atoms with Crippen molar-refractivity contribution in [1.82, 2.24) is 15.1 Å². The summed E-state index contributed by atoms with van der Waals surface area (Å²) in [6.07, 6.45) is 1.77. The molecule has 13 heteroatoms. The van der Waals surface area contributed by atoms with Crippen molar-refractivity contribution in [3.8, 4) is 0 Å². The van der Waals surface area contributed by atoms with Crippen LogP contribution in [-0.4, -0.2) is 74.9 Å². The van der Waals surface area contributed by atoms with Gasteiger partial charge in [0.25, 0.3) is 0 Å². The number of rotatable bonds is 9. The van der Waals surface area contributed by atoms with E-state index in [1.165, 1.54) is 18.2 Å². The molecule has 5 rings (SSSR count). The zero-order chi connectivity index (χ0) is 32.8. The number of carbonyl (C=O) groups excluding carboxylic acids is 2. The number of anilines is 1. The lowest BCUT2D eigenvalue weighted by Gasteiger charge is -2.35. The maximum absolute atomic E-state index is 14.6. The number of benzene rings is 2. The lowest BCUT2D eigenvalue weighted by atomic mass is 9.82. The van der Waals surface area contributed by atoms with Crippen molar-refractivity contribution in [3.63, 3.8) is 0 Å². The zero-order valence-electron chi connectivity index (χ0n) is 25.8. The highest BCUT2D eigenvalue weighted by Gasteiger charge is 2.60. The Kier molecular flexibility index (Phi) is 8.26. The van der Waals surface area contributed by atoms with Crippen LogP contribution in [0.5, 0.6) is 0 Å². The molecular weight excluding hydrogens is 605 g/mol. The molecular formula is C30H36ClF3N4O4S. The van der Waals surface area contributed by atoms with Gasteiger partial charge < -0.3 is 15.5 Å². The van der Waals surface area contributed by atoms with Gasteiger partial charge in [0.15, 0.2) is 9.84 Å². The van der Waals surface area contributed by atoms with Crippen LogP contribution in [0, 0.1) is 17.2 Å². The summed E-state index contributed by atoms with van der Waals surface area (Å²) in [6, 6.07) is 8.27. The van der Waals surface area contributed by atoms with Gasteiger partial charge >= 0.3 is 0 Å². The largest absolute Gasteiger partial charge is 0.381 e. The molecule has 2 N–H and O–H groups in total. The van der Waals surface area contributed by atoms with Gasteiger partial charge in [0.2, 0.25) is 17.7 Å². The number of carbonyl (C=O) groups is 2. The molecule has 0 bridgehead atoms. The van der Waals surface area contributed by atoms with E-state index in [-0.39, 0.29) is 91.3 Å². The van der Waals surface area contributed by atoms with E-state index >= 15 is 0 Å².